The van der Waals surface area contributed by atoms with Gasteiger partial charge in [0.25, 0.3) is 0 Å². The molecule has 23 heavy (non-hydrogen) atoms. The van der Waals surface area contributed by atoms with Crippen LogP contribution in [0.4, 0.5) is 10.5 Å². The van der Waals surface area contributed by atoms with Gasteiger partial charge in [0.15, 0.2) is 0 Å². The molecule has 0 saturated carbocycles. The summed E-state index contributed by atoms with van der Waals surface area (Å²) in [4.78, 5) is 22.7. The van der Waals surface area contributed by atoms with Crippen molar-refractivity contribution in [2.24, 2.45) is 0 Å². The highest BCUT2D eigenvalue weighted by molar-refractivity contribution is 5.89. The minimum Gasteiger partial charge on any atom is -0.481 e. The predicted molar refractivity (Wildman–Crippen MR) is 87.7 cm³/mol. The smallest absolute Gasteiger partial charge is 0.319 e. The number of hydrogen-bond donors (Lipinski definition) is 3. The second kappa shape index (κ2) is 7.46. The largest absolute Gasteiger partial charge is 0.481 e. The van der Waals surface area contributed by atoms with Gasteiger partial charge in [0, 0.05) is 30.2 Å². The Hall–Kier alpha value is -2.08. The van der Waals surface area contributed by atoms with E-state index in [9.17, 15) is 9.59 Å². The van der Waals surface area contributed by atoms with Gasteiger partial charge in [-0.05, 0) is 44.4 Å². The third kappa shape index (κ3) is 5.56. The number of benzene rings is 1. The molecule has 1 unspecified atom stereocenters. The number of aliphatic carboxylic acids is 1. The van der Waals surface area contributed by atoms with Gasteiger partial charge in [0.1, 0.15) is 0 Å². The van der Waals surface area contributed by atoms with E-state index in [4.69, 9.17) is 9.84 Å². The number of ether oxygens (including phenoxy) is 1. The van der Waals surface area contributed by atoms with Crippen LogP contribution in [0.2, 0.25) is 0 Å². The van der Waals surface area contributed by atoms with Crippen molar-refractivity contribution in [1.82, 2.24) is 5.32 Å². The first kappa shape index (κ1) is 17.3. The Morgan fingerprint density at radius 3 is 2.57 bits per heavy atom. The topological polar surface area (TPSA) is 87.7 Å². The normalized spacial score (nSPS) is 17.7. The number of rotatable bonds is 6. The van der Waals surface area contributed by atoms with Crippen LogP contribution in [-0.2, 0) is 9.53 Å². The summed E-state index contributed by atoms with van der Waals surface area (Å²) in [5.74, 6) is -0.431. The lowest BCUT2D eigenvalue weighted by Gasteiger charge is -2.25. The van der Waals surface area contributed by atoms with Crippen LogP contribution in [0, 0.1) is 0 Å². The number of amides is 2. The molecule has 0 bridgehead atoms. The molecule has 1 aliphatic heterocycles. The van der Waals surface area contributed by atoms with E-state index in [1.807, 2.05) is 24.3 Å². The molecule has 0 aliphatic carbocycles. The first-order chi connectivity index (χ1) is 10.9. The second-order valence-electron chi connectivity index (χ2n) is 6.54. The maximum atomic E-state index is 12.0. The second-order valence-corrected chi connectivity index (χ2v) is 6.54. The van der Waals surface area contributed by atoms with Crippen molar-refractivity contribution in [2.45, 2.75) is 44.6 Å². The van der Waals surface area contributed by atoms with Crippen molar-refractivity contribution in [1.29, 1.82) is 0 Å². The van der Waals surface area contributed by atoms with Gasteiger partial charge in [-0.25, -0.2) is 4.79 Å². The quantitative estimate of drug-likeness (QED) is 0.752. The Morgan fingerprint density at radius 2 is 2.00 bits per heavy atom. The molecule has 2 amide bonds. The first-order valence-electron chi connectivity index (χ1n) is 7.84. The lowest BCUT2D eigenvalue weighted by atomic mass is 9.98. The minimum atomic E-state index is -0.869. The number of anilines is 1. The molecule has 1 atom stereocenters. The summed E-state index contributed by atoms with van der Waals surface area (Å²) in [6, 6.07) is 7.42. The lowest BCUT2D eigenvalue weighted by Crippen LogP contribution is -2.45. The molecular weight excluding hydrogens is 296 g/mol. The predicted octanol–water partition coefficient (Wildman–Crippen LogP) is 2.96. The van der Waals surface area contributed by atoms with Gasteiger partial charge >= 0.3 is 12.0 Å². The standard InChI is InChI=1S/C17H24N2O4/c1-17(2,9-7-15(20)21)19-16(22)18-14-5-3-12(4-6-14)13-8-10-23-11-13/h3-6,13H,7-11H2,1-2H3,(H,20,21)(H2,18,19,22). The van der Waals surface area contributed by atoms with Gasteiger partial charge in [-0.3, -0.25) is 4.79 Å². The summed E-state index contributed by atoms with van der Waals surface area (Å²) in [6.45, 7) is 5.17. The molecule has 2 rings (SSSR count). The molecule has 1 fully saturated rings. The average Bonchev–Trinajstić information content (AvgIpc) is 2.99. The Kier molecular flexibility index (Phi) is 5.60. The van der Waals surface area contributed by atoms with E-state index in [-0.39, 0.29) is 12.5 Å². The maximum absolute atomic E-state index is 12.0. The van der Waals surface area contributed by atoms with Gasteiger partial charge in [-0.1, -0.05) is 12.1 Å². The molecule has 0 radical (unpaired) electrons. The molecule has 6 heteroatoms. The summed E-state index contributed by atoms with van der Waals surface area (Å²) in [7, 11) is 0. The minimum absolute atomic E-state index is 0.0193. The summed E-state index contributed by atoms with van der Waals surface area (Å²) < 4.78 is 5.38. The van der Waals surface area contributed by atoms with E-state index in [0.717, 1.165) is 19.6 Å². The SMILES string of the molecule is CC(C)(CCC(=O)O)NC(=O)Nc1ccc(C2CCOC2)cc1. The molecule has 1 saturated heterocycles. The van der Waals surface area contributed by atoms with E-state index in [1.165, 1.54) is 5.56 Å². The van der Waals surface area contributed by atoms with Crippen molar-refractivity contribution in [2.75, 3.05) is 18.5 Å². The van der Waals surface area contributed by atoms with Crippen molar-refractivity contribution < 1.29 is 19.4 Å². The van der Waals surface area contributed by atoms with Gasteiger partial charge < -0.3 is 20.5 Å². The van der Waals surface area contributed by atoms with E-state index in [1.54, 1.807) is 13.8 Å². The van der Waals surface area contributed by atoms with E-state index in [0.29, 0.717) is 18.0 Å². The fraction of sp³-hybridized carbons (Fsp3) is 0.529. The fourth-order valence-corrected chi connectivity index (χ4v) is 2.59. The van der Waals surface area contributed by atoms with Crippen LogP contribution >= 0.6 is 0 Å². The number of nitrogens with one attached hydrogen (secondary N) is 2. The summed E-state index contributed by atoms with van der Waals surface area (Å²) in [5.41, 5.74) is 1.35. The van der Waals surface area contributed by atoms with Crippen molar-refractivity contribution in [3.05, 3.63) is 29.8 Å². The Bertz CT molecular complexity index is 548. The highest BCUT2D eigenvalue weighted by Gasteiger charge is 2.22. The van der Waals surface area contributed by atoms with E-state index < -0.39 is 11.5 Å². The molecule has 1 aromatic carbocycles. The van der Waals surface area contributed by atoms with Gasteiger partial charge in [-0.2, -0.15) is 0 Å². The van der Waals surface area contributed by atoms with Crippen LogP contribution in [0.1, 0.15) is 44.6 Å². The van der Waals surface area contributed by atoms with Crippen molar-refractivity contribution in [3.8, 4) is 0 Å². The zero-order valence-corrected chi connectivity index (χ0v) is 13.6. The zero-order chi connectivity index (χ0) is 16.9. The molecule has 126 valence electrons. The van der Waals surface area contributed by atoms with Crippen LogP contribution in [-0.4, -0.2) is 35.9 Å². The van der Waals surface area contributed by atoms with Gasteiger partial charge in [0.2, 0.25) is 0 Å². The van der Waals surface area contributed by atoms with E-state index >= 15 is 0 Å². The Balaban J connectivity index is 1.85. The highest BCUT2D eigenvalue weighted by Crippen LogP contribution is 2.26. The Labute approximate surface area is 136 Å². The molecule has 1 aromatic rings. The first-order valence-corrected chi connectivity index (χ1v) is 7.84. The number of hydrogen-bond acceptors (Lipinski definition) is 3. The molecule has 1 aliphatic rings. The van der Waals surface area contributed by atoms with Crippen LogP contribution < -0.4 is 10.6 Å². The molecule has 6 nitrogen and oxygen atoms in total. The van der Waals surface area contributed by atoms with Crippen LogP contribution in [0.5, 0.6) is 0 Å². The summed E-state index contributed by atoms with van der Waals surface area (Å²) in [6.07, 6.45) is 1.42. The number of carbonyl (C=O) groups is 2. The highest BCUT2D eigenvalue weighted by atomic mass is 16.5. The van der Waals surface area contributed by atoms with Crippen molar-refractivity contribution >= 4 is 17.7 Å². The monoisotopic (exact) mass is 320 g/mol. The number of urea groups is 1. The molecule has 0 spiro atoms. The molecule has 0 aromatic heterocycles. The van der Waals surface area contributed by atoms with Crippen LogP contribution in [0.15, 0.2) is 24.3 Å². The molecular formula is C17H24N2O4. The number of carboxylic acid groups (broad SMARTS) is 1. The molecule has 1 heterocycles. The third-order valence-electron chi connectivity index (χ3n) is 3.99. The van der Waals surface area contributed by atoms with E-state index in [2.05, 4.69) is 10.6 Å². The number of carboxylic acids is 1. The third-order valence-corrected chi connectivity index (χ3v) is 3.99. The summed E-state index contributed by atoms with van der Waals surface area (Å²) in [5, 5.41) is 14.3. The van der Waals surface area contributed by atoms with Gasteiger partial charge in [-0.15, -0.1) is 0 Å². The maximum Gasteiger partial charge on any atom is 0.319 e. The number of carbonyl (C=O) groups excluding carboxylic acids is 1. The summed E-state index contributed by atoms with van der Waals surface area (Å²) >= 11 is 0. The molecule has 3 N–H and O–H groups in total. The van der Waals surface area contributed by atoms with Crippen LogP contribution in [0.25, 0.3) is 0 Å². The Morgan fingerprint density at radius 1 is 1.30 bits per heavy atom. The average molecular weight is 320 g/mol. The van der Waals surface area contributed by atoms with Gasteiger partial charge in [0.05, 0.1) is 6.61 Å². The fourth-order valence-electron chi connectivity index (χ4n) is 2.59. The zero-order valence-electron chi connectivity index (χ0n) is 13.6. The lowest BCUT2D eigenvalue weighted by molar-refractivity contribution is -0.137. The van der Waals surface area contributed by atoms with Crippen molar-refractivity contribution in [3.63, 3.8) is 0 Å². The van der Waals surface area contributed by atoms with Crippen LogP contribution in [0.3, 0.4) is 0 Å².